The number of benzene rings is 1. The molecular weight excluding hydrogens is 326 g/mol. The van der Waals surface area contributed by atoms with Crippen LogP contribution in [0.3, 0.4) is 0 Å². The highest BCUT2D eigenvalue weighted by Crippen LogP contribution is 2.29. The Morgan fingerprint density at radius 1 is 1.50 bits per heavy atom. The first-order chi connectivity index (χ1) is 11.7. The Balaban J connectivity index is 1.69. The first-order valence-electron chi connectivity index (χ1n) is 7.93. The number of nitrogens with one attached hydrogen (secondary N) is 2. The van der Waals surface area contributed by atoms with E-state index in [1.165, 1.54) is 5.56 Å². The van der Waals surface area contributed by atoms with Crippen LogP contribution in [0.25, 0.3) is 11.3 Å². The second-order valence-electron chi connectivity index (χ2n) is 5.72. The van der Waals surface area contributed by atoms with E-state index in [9.17, 15) is 9.90 Å². The molecule has 0 radical (unpaired) electrons. The molecule has 0 bridgehead atoms. The molecule has 0 fully saturated rings. The monoisotopic (exact) mass is 347 g/mol. The molecule has 7 heteroatoms. The molecule has 0 aliphatic carbocycles. The molecule has 1 aliphatic rings. The van der Waals surface area contributed by atoms with Crippen molar-refractivity contribution in [2.75, 3.05) is 25.2 Å². The van der Waals surface area contributed by atoms with E-state index in [0.29, 0.717) is 12.3 Å². The minimum Gasteiger partial charge on any atom is -0.493 e. The van der Waals surface area contributed by atoms with Crippen LogP contribution in [0, 0.1) is 0 Å². The first kappa shape index (κ1) is 16.9. The molecule has 0 unspecified atom stereocenters. The van der Waals surface area contributed by atoms with Crippen molar-refractivity contribution in [1.82, 2.24) is 15.5 Å². The minimum absolute atomic E-state index is 0.0713. The van der Waals surface area contributed by atoms with Gasteiger partial charge in [0.05, 0.1) is 24.9 Å². The lowest BCUT2D eigenvalue weighted by Crippen LogP contribution is -2.38. The Morgan fingerprint density at radius 2 is 2.38 bits per heavy atom. The van der Waals surface area contributed by atoms with Gasteiger partial charge in [0.15, 0.2) is 0 Å². The van der Waals surface area contributed by atoms with Crippen molar-refractivity contribution in [2.45, 2.75) is 18.9 Å². The van der Waals surface area contributed by atoms with Crippen molar-refractivity contribution in [3.05, 3.63) is 35.5 Å². The fraction of sp³-hybridized carbons (Fsp3) is 0.412. The molecule has 1 amide bonds. The molecule has 1 aliphatic heterocycles. The van der Waals surface area contributed by atoms with Crippen molar-refractivity contribution < 1.29 is 14.6 Å². The first-order valence-corrected chi connectivity index (χ1v) is 9.33. The van der Waals surface area contributed by atoms with E-state index in [2.05, 4.69) is 21.6 Å². The zero-order valence-electron chi connectivity index (χ0n) is 13.5. The Bertz CT molecular complexity index is 717. The summed E-state index contributed by atoms with van der Waals surface area (Å²) in [6.07, 6.45) is 3.63. The van der Waals surface area contributed by atoms with Gasteiger partial charge < -0.3 is 15.2 Å². The molecule has 1 aromatic carbocycles. The van der Waals surface area contributed by atoms with E-state index < -0.39 is 0 Å². The Kier molecular flexibility index (Phi) is 5.42. The van der Waals surface area contributed by atoms with Crippen molar-refractivity contribution in [2.24, 2.45) is 0 Å². The maximum absolute atomic E-state index is 12.3. The average molecular weight is 347 g/mol. The highest BCUT2D eigenvalue weighted by atomic mass is 32.2. The van der Waals surface area contributed by atoms with Gasteiger partial charge in [-0.25, -0.2) is 0 Å². The highest BCUT2D eigenvalue weighted by molar-refractivity contribution is 7.98. The summed E-state index contributed by atoms with van der Waals surface area (Å²) in [5, 5.41) is 19.2. The molecule has 1 atom stereocenters. The third kappa shape index (κ3) is 3.73. The number of aromatic nitrogens is 2. The van der Waals surface area contributed by atoms with Crippen LogP contribution in [-0.4, -0.2) is 52.5 Å². The zero-order valence-corrected chi connectivity index (χ0v) is 14.4. The van der Waals surface area contributed by atoms with E-state index in [4.69, 9.17) is 4.74 Å². The number of aliphatic hydroxyl groups is 1. The summed E-state index contributed by atoms with van der Waals surface area (Å²) >= 11 is 1.69. The highest BCUT2D eigenvalue weighted by Gasteiger charge is 2.17. The van der Waals surface area contributed by atoms with E-state index in [1.807, 2.05) is 18.4 Å². The number of carbonyl (C=O) groups is 1. The van der Waals surface area contributed by atoms with E-state index in [-0.39, 0.29) is 18.6 Å². The lowest BCUT2D eigenvalue weighted by molar-refractivity contribution is 0.0910. The van der Waals surface area contributed by atoms with Gasteiger partial charge in [-0.05, 0) is 48.3 Å². The maximum Gasteiger partial charge on any atom is 0.269 e. The zero-order chi connectivity index (χ0) is 16.9. The quantitative estimate of drug-likeness (QED) is 0.712. The van der Waals surface area contributed by atoms with E-state index in [1.54, 1.807) is 17.8 Å². The molecule has 24 heavy (non-hydrogen) atoms. The molecule has 2 heterocycles. The topological polar surface area (TPSA) is 87.2 Å². The molecule has 6 nitrogen and oxygen atoms in total. The summed E-state index contributed by atoms with van der Waals surface area (Å²) in [5.41, 5.74) is 3.23. The number of hydrogen-bond acceptors (Lipinski definition) is 5. The van der Waals surface area contributed by atoms with Gasteiger partial charge in [0.1, 0.15) is 11.4 Å². The number of fused-ring (bicyclic) bond motifs is 1. The van der Waals surface area contributed by atoms with Crippen LogP contribution in [0.5, 0.6) is 5.75 Å². The molecular formula is C17H21N3O3S. The smallest absolute Gasteiger partial charge is 0.269 e. The van der Waals surface area contributed by atoms with Gasteiger partial charge in [0, 0.05) is 12.0 Å². The van der Waals surface area contributed by atoms with Crippen LogP contribution >= 0.6 is 11.8 Å². The number of carbonyl (C=O) groups excluding carboxylic acids is 1. The fourth-order valence-corrected chi connectivity index (χ4v) is 3.18. The standard InChI is InChI=1S/C17H21N3O3S/c1-24-7-5-13(10-21)18-17(22)15-9-14(19-20-15)11-2-3-16-12(8-11)4-6-23-16/h2-3,8-9,13,21H,4-7,10H2,1H3,(H,18,22)(H,19,20)/t13-/m1/s1. The van der Waals surface area contributed by atoms with Crippen LogP contribution < -0.4 is 10.1 Å². The Hall–Kier alpha value is -1.99. The molecule has 2 aromatic rings. The van der Waals surface area contributed by atoms with Crippen molar-refractivity contribution in [3.63, 3.8) is 0 Å². The summed E-state index contributed by atoms with van der Waals surface area (Å²) in [6.45, 7) is 0.643. The second-order valence-corrected chi connectivity index (χ2v) is 6.71. The maximum atomic E-state index is 12.3. The number of thioether (sulfide) groups is 1. The summed E-state index contributed by atoms with van der Waals surface area (Å²) in [7, 11) is 0. The average Bonchev–Trinajstić information content (AvgIpc) is 3.26. The predicted octanol–water partition coefficient (Wildman–Crippen LogP) is 1.86. The van der Waals surface area contributed by atoms with Gasteiger partial charge in [-0.2, -0.15) is 16.9 Å². The van der Waals surface area contributed by atoms with Crippen LogP contribution in [0.15, 0.2) is 24.3 Å². The molecule has 0 saturated carbocycles. The molecule has 0 saturated heterocycles. The summed E-state index contributed by atoms with van der Waals surface area (Å²) < 4.78 is 5.50. The van der Waals surface area contributed by atoms with Crippen LogP contribution in [0.1, 0.15) is 22.5 Å². The number of ether oxygens (including phenoxy) is 1. The number of nitrogens with zero attached hydrogens (tertiary/aromatic N) is 1. The van der Waals surface area contributed by atoms with Gasteiger partial charge in [0.2, 0.25) is 0 Å². The summed E-state index contributed by atoms with van der Waals surface area (Å²) in [6, 6.07) is 7.42. The van der Waals surface area contributed by atoms with Crippen molar-refractivity contribution >= 4 is 17.7 Å². The van der Waals surface area contributed by atoms with Crippen molar-refractivity contribution in [1.29, 1.82) is 0 Å². The number of amides is 1. The van der Waals surface area contributed by atoms with Crippen LogP contribution in [0.4, 0.5) is 0 Å². The number of rotatable bonds is 7. The van der Waals surface area contributed by atoms with Gasteiger partial charge in [0.25, 0.3) is 5.91 Å². The number of aromatic amines is 1. The molecule has 3 rings (SSSR count). The molecule has 3 N–H and O–H groups in total. The third-order valence-electron chi connectivity index (χ3n) is 4.03. The van der Waals surface area contributed by atoms with Crippen molar-refractivity contribution in [3.8, 4) is 17.0 Å². The minimum atomic E-state index is -0.251. The van der Waals surface area contributed by atoms with Crippen LogP contribution in [-0.2, 0) is 6.42 Å². The second kappa shape index (κ2) is 7.72. The fourth-order valence-electron chi connectivity index (χ4n) is 2.66. The van der Waals surface area contributed by atoms with E-state index in [0.717, 1.165) is 35.6 Å². The normalized spacial score (nSPS) is 14.1. The largest absolute Gasteiger partial charge is 0.493 e. The Morgan fingerprint density at radius 3 is 3.17 bits per heavy atom. The van der Waals surface area contributed by atoms with Gasteiger partial charge in [-0.15, -0.1) is 0 Å². The SMILES string of the molecule is CSCC[C@H](CO)NC(=O)c1cc(-c2ccc3c(c2)CCO3)n[nH]1. The summed E-state index contributed by atoms with van der Waals surface area (Å²) in [4.78, 5) is 12.3. The van der Waals surface area contributed by atoms with Gasteiger partial charge in [-0.3, -0.25) is 9.89 Å². The molecule has 0 spiro atoms. The third-order valence-corrected chi connectivity index (χ3v) is 4.68. The number of aliphatic hydroxyl groups excluding tert-OH is 1. The predicted molar refractivity (Wildman–Crippen MR) is 94.6 cm³/mol. The van der Waals surface area contributed by atoms with Gasteiger partial charge >= 0.3 is 0 Å². The lowest BCUT2D eigenvalue weighted by atomic mass is 10.1. The lowest BCUT2D eigenvalue weighted by Gasteiger charge is -2.14. The van der Waals surface area contributed by atoms with E-state index >= 15 is 0 Å². The van der Waals surface area contributed by atoms with Gasteiger partial charge in [-0.1, -0.05) is 0 Å². The van der Waals surface area contributed by atoms with Crippen LogP contribution in [0.2, 0.25) is 0 Å². The molecule has 128 valence electrons. The molecule has 1 aromatic heterocycles. The number of hydrogen-bond donors (Lipinski definition) is 3. The summed E-state index contributed by atoms with van der Waals surface area (Å²) in [5.74, 6) is 1.56. The number of H-pyrrole nitrogens is 1. The Labute approximate surface area is 145 Å².